The van der Waals surface area contributed by atoms with Crippen molar-refractivity contribution in [3.05, 3.63) is 48.5 Å². The van der Waals surface area contributed by atoms with Crippen LogP contribution in [-0.4, -0.2) is 71.8 Å². The average molecular weight is 566 g/mol. The van der Waals surface area contributed by atoms with Gasteiger partial charge in [0.05, 0.1) is 44.3 Å². The Labute approximate surface area is 240 Å². The average Bonchev–Trinajstić information content (AvgIpc) is 3.60. The highest BCUT2D eigenvalue weighted by Gasteiger charge is 2.75. The topological polar surface area (TPSA) is 126 Å². The quantitative estimate of drug-likeness (QED) is 0.381. The number of nitrogens with zero attached hydrogens (tertiary/aromatic N) is 1. The second-order valence-corrected chi connectivity index (χ2v) is 11.4. The highest BCUT2D eigenvalue weighted by atomic mass is 16.5. The van der Waals surface area contributed by atoms with Gasteiger partial charge in [0.15, 0.2) is 0 Å². The molecule has 3 aliphatic rings. The first-order valence-electron chi connectivity index (χ1n) is 14.3. The van der Waals surface area contributed by atoms with Crippen molar-refractivity contribution in [3.63, 3.8) is 0 Å². The van der Waals surface area contributed by atoms with E-state index >= 15 is 0 Å². The Balaban J connectivity index is 1.45. The van der Waals surface area contributed by atoms with E-state index in [1.165, 1.54) is 4.90 Å². The highest BCUT2D eigenvalue weighted by molar-refractivity contribution is 6.05. The van der Waals surface area contributed by atoms with Gasteiger partial charge in [-0.3, -0.25) is 14.4 Å². The molecular formula is C31H39N3O7. The molecule has 2 aromatic carbocycles. The van der Waals surface area contributed by atoms with Crippen LogP contribution in [0.4, 0.5) is 11.4 Å². The molecule has 3 amide bonds. The molecule has 220 valence electrons. The summed E-state index contributed by atoms with van der Waals surface area (Å²) in [6, 6.07) is 12.4. The van der Waals surface area contributed by atoms with E-state index in [-0.39, 0.29) is 24.3 Å². The second kappa shape index (κ2) is 11.7. The van der Waals surface area contributed by atoms with Crippen LogP contribution in [0.2, 0.25) is 0 Å². The van der Waals surface area contributed by atoms with Crippen molar-refractivity contribution in [1.82, 2.24) is 4.90 Å². The summed E-state index contributed by atoms with van der Waals surface area (Å²) in [5, 5.41) is 16.3. The fraction of sp³-hybridized carbons (Fsp3) is 0.516. The molecule has 3 aliphatic heterocycles. The molecule has 3 heterocycles. The molecule has 0 radical (unpaired) electrons. The first-order valence-corrected chi connectivity index (χ1v) is 14.3. The summed E-state index contributed by atoms with van der Waals surface area (Å²) in [4.78, 5) is 43.4. The number of fused-ring (bicyclic) bond motifs is 1. The van der Waals surface area contributed by atoms with Gasteiger partial charge in [-0.15, -0.1) is 0 Å². The van der Waals surface area contributed by atoms with Gasteiger partial charge in [-0.2, -0.15) is 0 Å². The van der Waals surface area contributed by atoms with Crippen LogP contribution in [0.15, 0.2) is 48.5 Å². The van der Waals surface area contributed by atoms with Gasteiger partial charge >= 0.3 is 0 Å². The number of aliphatic hydroxyl groups excluding tert-OH is 1. The zero-order chi connectivity index (χ0) is 29.3. The number of hydrogen-bond acceptors (Lipinski definition) is 7. The van der Waals surface area contributed by atoms with Crippen molar-refractivity contribution in [2.45, 2.75) is 63.8 Å². The van der Waals surface area contributed by atoms with E-state index in [0.29, 0.717) is 48.7 Å². The number of amides is 3. The lowest BCUT2D eigenvalue weighted by Crippen LogP contribution is -2.56. The van der Waals surface area contributed by atoms with Gasteiger partial charge in [-0.05, 0) is 80.6 Å². The number of anilines is 2. The summed E-state index contributed by atoms with van der Waals surface area (Å²) in [5.41, 5.74) is -0.0343. The van der Waals surface area contributed by atoms with E-state index in [4.69, 9.17) is 14.2 Å². The molecule has 41 heavy (non-hydrogen) atoms. The number of rotatable bonds is 11. The molecule has 3 saturated heterocycles. The van der Waals surface area contributed by atoms with Crippen molar-refractivity contribution < 1.29 is 33.7 Å². The zero-order valence-corrected chi connectivity index (χ0v) is 24.0. The lowest BCUT2D eigenvalue weighted by atomic mass is 9.70. The molecule has 6 atom stereocenters. The number of ether oxygens (including phenoxy) is 3. The third kappa shape index (κ3) is 5.26. The van der Waals surface area contributed by atoms with Gasteiger partial charge in [0.1, 0.15) is 23.1 Å². The third-order valence-corrected chi connectivity index (χ3v) is 8.43. The Morgan fingerprint density at radius 1 is 1.05 bits per heavy atom. The van der Waals surface area contributed by atoms with Crippen LogP contribution in [0.25, 0.3) is 0 Å². The number of carbonyl (C=O) groups excluding carboxylic acids is 3. The highest BCUT2D eigenvalue weighted by Crippen LogP contribution is 2.59. The lowest BCUT2D eigenvalue weighted by molar-refractivity contribution is -0.143. The van der Waals surface area contributed by atoms with Crippen LogP contribution < -0.4 is 20.1 Å². The normalized spacial score (nSPS) is 27.1. The van der Waals surface area contributed by atoms with Gasteiger partial charge in [-0.25, -0.2) is 0 Å². The zero-order valence-electron chi connectivity index (χ0n) is 24.0. The first-order chi connectivity index (χ1) is 19.7. The Hall–Kier alpha value is -3.63. The third-order valence-electron chi connectivity index (χ3n) is 8.43. The van der Waals surface area contributed by atoms with Crippen molar-refractivity contribution in [2.75, 3.05) is 31.0 Å². The minimum Gasteiger partial charge on any atom is -0.497 e. The van der Waals surface area contributed by atoms with Gasteiger partial charge < -0.3 is 34.9 Å². The van der Waals surface area contributed by atoms with Crippen molar-refractivity contribution >= 4 is 29.1 Å². The predicted octanol–water partition coefficient (Wildman–Crippen LogP) is 3.45. The van der Waals surface area contributed by atoms with Crippen LogP contribution in [0.5, 0.6) is 11.5 Å². The Morgan fingerprint density at radius 2 is 1.66 bits per heavy atom. The van der Waals surface area contributed by atoms with E-state index in [2.05, 4.69) is 10.6 Å². The van der Waals surface area contributed by atoms with Crippen LogP contribution in [0.1, 0.15) is 40.0 Å². The number of aliphatic hydroxyl groups is 1. The number of hydrogen-bond donors (Lipinski definition) is 3. The maximum absolute atomic E-state index is 14.2. The SMILES string of the molecule is CCOc1ccc(NC(=O)[C@@H]2[C@@H]3CCC4(O3)C(C(=O)Nc3ccc(OC)cc3)N([C@@H](CO)CC(C)C)C(=O)[C@H]24)cc1. The minimum atomic E-state index is -1.16. The molecular weight excluding hydrogens is 526 g/mol. The van der Waals surface area contributed by atoms with Crippen molar-refractivity contribution in [2.24, 2.45) is 17.8 Å². The standard InChI is InChI=1S/C31H39N3O7/c1-5-40-23-12-8-19(9-13-23)32-28(36)25-24-14-15-31(41-24)26(25)30(38)34(21(17-35)16-18(2)3)27(31)29(37)33-20-6-10-22(39-4)11-7-20/h6-13,18,21,24-27,35H,5,14-17H2,1-4H3,(H,32,36)(H,33,37)/t21-,24+,25-,26+,27?,31?/m1/s1. The predicted molar refractivity (Wildman–Crippen MR) is 153 cm³/mol. The Bertz CT molecular complexity index is 1270. The first kappa shape index (κ1) is 28.9. The lowest BCUT2D eigenvalue weighted by Gasteiger charge is -2.37. The van der Waals surface area contributed by atoms with Gasteiger partial charge in [0, 0.05) is 11.4 Å². The second-order valence-electron chi connectivity index (χ2n) is 11.4. The molecule has 2 unspecified atom stereocenters. The molecule has 10 nitrogen and oxygen atoms in total. The fourth-order valence-electron chi connectivity index (χ4n) is 6.82. The molecule has 0 aromatic heterocycles. The summed E-state index contributed by atoms with van der Waals surface area (Å²) in [6.07, 6.45) is 1.05. The summed E-state index contributed by atoms with van der Waals surface area (Å²) >= 11 is 0. The fourth-order valence-corrected chi connectivity index (χ4v) is 6.82. The van der Waals surface area contributed by atoms with Crippen LogP contribution in [-0.2, 0) is 19.1 Å². The van der Waals surface area contributed by atoms with Crippen molar-refractivity contribution in [1.29, 1.82) is 0 Å². The number of benzene rings is 2. The molecule has 3 fully saturated rings. The Morgan fingerprint density at radius 3 is 2.22 bits per heavy atom. The summed E-state index contributed by atoms with van der Waals surface area (Å²) in [5.74, 6) is -1.14. The van der Waals surface area contributed by atoms with Crippen LogP contribution >= 0.6 is 0 Å². The molecule has 0 aliphatic carbocycles. The van der Waals surface area contributed by atoms with Gasteiger partial charge in [-0.1, -0.05) is 13.8 Å². The molecule has 0 saturated carbocycles. The molecule has 2 bridgehead atoms. The van der Waals surface area contributed by atoms with Crippen LogP contribution in [0.3, 0.4) is 0 Å². The van der Waals surface area contributed by atoms with Gasteiger partial charge in [0.25, 0.3) is 0 Å². The van der Waals surface area contributed by atoms with E-state index in [0.717, 1.165) is 0 Å². The number of likely N-dealkylation sites (tertiary alicyclic amines) is 1. The maximum atomic E-state index is 14.2. The minimum absolute atomic E-state index is 0.166. The summed E-state index contributed by atoms with van der Waals surface area (Å²) < 4.78 is 17.2. The van der Waals surface area contributed by atoms with E-state index in [1.807, 2.05) is 20.8 Å². The molecule has 1 spiro atoms. The van der Waals surface area contributed by atoms with E-state index in [1.54, 1.807) is 55.6 Å². The number of nitrogens with one attached hydrogen (secondary N) is 2. The molecule has 5 rings (SSSR count). The number of carbonyl (C=O) groups is 3. The van der Waals surface area contributed by atoms with E-state index in [9.17, 15) is 19.5 Å². The van der Waals surface area contributed by atoms with Crippen molar-refractivity contribution in [3.8, 4) is 11.5 Å². The number of methoxy groups -OCH3 is 1. The van der Waals surface area contributed by atoms with Gasteiger partial charge in [0.2, 0.25) is 17.7 Å². The maximum Gasteiger partial charge on any atom is 0.250 e. The largest absolute Gasteiger partial charge is 0.497 e. The molecule has 10 heteroatoms. The Kier molecular flexibility index (Phi) is 8.24. The monoisotopic (exact) mass is 565 g/mol. The summed E-state index contributed by atoms with van der Waals surface area (Å²) in [6.45, 7) is 6.14. The molecule has 2 aromatic rings. The molecule has 3 N–H and O–H groups in total. The smallest absolute Gasteiger partial charge is 0.250 e. The van der Waals surface area contributed by atoms with Crippen LogP contribution in [0, 0.1) is 17.8 Å². The summed E-state index contributed by atoms with van der Waals surface area (Å²) in [7, 11) is 1.56. The van der Waals surface area contributed by atoms with E-state index < -0.39 is 41.5 Å².